The van der Waals surface area contributed by atoms with Gasteiger partial charge in [0.15, 0.2) is 18.1 Å². The molecule has 0 unspecified atom stereocenters. The minimum absolute atomic E-state index is 0.0582. The number of amides is 2. The summed E-state index contributed by atoms with van der Waals surface area (Å²) < 4.78 is 17.2. The minimum atomic E-state index is -0.354. The number of piperazine rings is 1. The molecule has 2 aromatic carbocycles. The van der Waals surface area contributed by atoms with Gasteiger partial charge in [-0.05, 0) is 45.2 Å². The smallest absolute Gasteiger partial charge is 0.262 e. The molecule has 1 saturated heterocycles. The molecule has 0 bridgehead atoms. The number of carbonyl (C=O) groups is 2. The number of rotatable bonds is 6. The topological polar surface area (TPSA) is 80.3 Å². The summed E-state index contributed by atoms with van der Waals surface area (Å²) in [5.74, 6) is 1.29. The number of likely N-dealkylation sites (N-methyl/N-ethyl adjacent to an activating group) is 1. The predicted molar refractivity (Wildman–Crippen MR) is 125 cm³/mol. The molecule has 8 heteroatoms. The van der Waals surface area contributed by atoms with E-state index in [1.54, 1.807) is 24.3 Å². The summed E-state index contributed by atoms with van der Waals surface area (Å²) in [7, 11) is 3.57. The average molecular weight is 454 g/mol. The second-order valence-corrected chi connectivity index (χ2v) is 9.13. The summed E-state index contributed by atoms with van der Waals surface area (Å²) in [6.07, 6.45) is 0.789. The Morgan fingerprint density at radius 2 is 1.85 bits per heavy atom. The van der Waals surface area contributed by atoms with E-state index >= 15 is 0 Å². The molecule has 0 atom stereocenters. The molecule has 0 saturated carbocycles. The zero-order chi connectivity index (χ0) is 23.6. The molecule has 8 nitrogen and oxygen atoms in total. The summed E-state index contributed by atoms with van der Waals surface area (Å²) in [5.41, 5.74) is 1.71. The number of methoxy groups -OCH3 is 1. The van der Waals surface area contributed by atoms with Crippen LogP contribution >= 0.6 is 0 Å². The molecule has 0 spiro atoms. The summed E-state index contributed by atoms with van der Waals surface area (Å²) in [5, 5.41) is 2.81. The highest BCUT2D eigenvalue weighted by Gasteiger charge is 2.32. The van der Waals surface area contributed by atoms with E-state index in [4.69, 9.17) is 14.2 Å². The first-order chi connectivity index (χ1) is 15.8. The van der Waals surface area contributed by atoms with Crippen LogP contribution in [0.3, 0.4) is 0 Å². The van der Waals surface area contributed by atoms with Crippen LogP contribution in [0.1, 0.15) is 29.8 Å². The molecule has 33 heavy (non-hydrogen) atoms. The zero-order valence-corrected chi connectivity index (χ0v) is 19.6. The summed E-state index contributed by atoms with van der Waals surface area (Å²) in [4.78, 5) is 29.6. The van der Waals surface area contributed by atoms with Crippen LogP contribution in [-0.4, -0.2) is 74.2 Å². The molecule has 1 fully saturated rings. The van der Waals surface area contributed by atoms with E-state index in [-0.39, 0.29) is 24.0 Å². The van der Waals surface area contributed by atoms with E-state index in [9.17, 15) is 9.59 Å². The van der Waals surface area contributed by atoms with Crippen molar-refractivity contribution in [3.05, 3.63) is 47.5 Å². The van der Waals surface area contributed by atoms with Crippen molar-refractivity contribution in [2.75, 3.05) is 52.3 Å². The molecular weight excluding hydrogens is 422 g/mol. The Morgan fingerprint density at radius 1 is 1.09 bits per heavy atom. The number of nitrogens with one attached hydrogen (secondary N) is 1. The van der Waals surface area contributed by atoms with Gasteiger partial charge in [-0.3, -0.25) is 9.59 Å². The number of hydrogen-bond donors (Lipinski definition) is 1. The third-order valence-electron chi connectivity index (χ3n) is 5.92. The molecular formula is C25H31N3O5. The first-order valence-corrected chi connectivity index (χ1v) is 11.2. The maximum absolute atomic E-state index is 12.9. The zero-order valence-electron chi connectivity index (χ0n) is 19.6. The van der Waals surface area contributed by atoms with Gasteiger partial charge in [-0.25, -0.2) is 0 Å². The summed E-state index contributed by atoms with van der Waals surface area (Å²) in [6, 6.07) is 10.8. The van der Waals surface area contributed by atoms with Gasteiger partial charge >= 0.3 is 0 Å². The van der Waals surface area contributed by atoms with Gasteiger partial charge in [-0.15, -0.1) is 0 Å². The van der Waals surface area contributed by atoms with E-state index in [0.717, 1.165) is 25.1 Å². The van der Waals surface area contributed by atoms with Crippen LogP contribution in [0.4, 0.5) is 5.69 Å². The fraction of sp³-hybridized carbons (Fsp3) is 0.440. The van der Waals surface area contributed by atoms with Gasteiger partial charge in [-0.2, -0.15) is 0 Å². The Morgan fingerprint density at radius 3 is 2.58 bits per heavy atom. The number of carbonyl (C=O) groups excluding carboxylic acids is 2. The number of anilines is 1. The van der Waals surface area contributed by atoms with Crippen molar-refractivity contribution in [3.8, 4) is 17.2 Å². The Bertz CT molecular complexity index is 1040. The van der Waals surface area contributed by atoms with Gasteiger partial charge in [0, 0.05) is 43.7 Å². The van der Waals surface area contributed by atoms with Crippen LogP contribution in [0.15, 0.2) is 36.4 Å². The molecule has 2 aliphatic rings. The van der Waals surface area contributed by atoms with Gasteiger partial charge in [-0.1, -0.05) is 12.1 Å². The molecule has 1 N–H and O–H groups in total. The number of fused-ring (bicyclic) bond motifs is 1. The Balaban J connectivity index is 1.42. The molecule has 2 heterocycles. The van der Waals surface area contributed by atoms with Crippen molar-refractivity contribution in [1.29, 1.82) is 0 Å². The molecule has 0 aromatic heterocycles. The second-order valence-electron chi connectivity index (χ2n) is 9.13. The van der Waals surface area contributed by atoms with Gasteiger partial charge in [0.25, 0.3) is 11.8 Å². The first kappa shape index (κ1) is 22.9. The Labute approximate surface area is 194 Å². The molecule has 176 valence electrons. The maximum Gasteiger partial charge on any atom is 0.262 e. The van der Waals surface area contributed by atoms with Crippen LogP contribution in [0.2, 0.25) is 0 Å². The fourth-order valence-corrected chi connectivity index (χ4v) is 4.16. The number of nitrogens with zero attached hydrogens (tertiary/aromatic N) is 2. The Hall–Kier alpha value is -3.26. The van der Waals surface area contributed by atoms with Crippen LogP contribution in [0.25, 0.3) is 0 Å². The number of hydrogen-bond acceptors (Lipinski definition) is 6. The highest BCUT2D eigenvalue weighted by molar-refractivity contribution is 5.98. The lowest BCUT2D eigenvalue weighted by atomic mass is 10.0. The molecule has 4 rings (SSSR count). The van der Waals surface area contributed by atoms with E-state index < -0.39 is 0 Å². The average Bonchev–Trinajstić information content (AvgIpc) is 3.12. The second kappa shape index (κ2) is 9.31. The molecule has 0 aliphatic carbocycles. The highest BCUT2D eigenvalue weighted by atomic mass is 16.5. The van der Waals surface area contributed by atoms with Crippen LogP contribution in [0.5, 0.6) is 17.2 Å². The SMILES string of the molecule is COc1ccc(C(=O)N2CCN(C)CC2)cc1NC(=O)COc1cccc2c1OC(C)(C)C2. The van der Waals surface area contributed by atoms with Crippen LogP contribution in [-0.2, 0) is 11.2 Å². The van der Waals surface area contributed by atoms with Crippen molar-refractivity contribution in [3.63, 3.8) is 0 Å². The third-order valence-corrected chi connectivity index (χ3v) is 5.92. The van der Waals surface area contributed by atoms with Crippen molar-refractivity contribution >= 4 is 17.5 Å². The summed E-state index contributed by atoms with van der Waals surface area (Å²) >= 11 is 0. The number of ether oxygens (including phenoxy) is 3. The number of para-hydroxylation sites is 1. The minimum Gasteiger partial charge on any atom is -0.495 e. The van der Waals surface area contributed by atoms with Crippen LogP contribution < -0.4 is 19.5 Å². The summed E-state index contributed by atoms with van der Waals surface area (Å²) in [6.45, 7) is 6.88. The molecule has 2 aromatic rings. The predicted octanol–water partition coefficient (Wildman–Crippen LogP) is 2.81. The monoisotopic (exact) mass is 453 g/mol. The molecule has 2 aliphatic heterocycles. The fourth-order valence-electron chi connectivity index (χ4n) is 4.16. The standard InChI is InChI=1S/C25H31N3O5/c1-25(2)15-18-6-5-7-21(23(18)33-25)32-16-22(29)26-19-14-17(8-9-20(19)31-4)24(30)28-12-10-27(3)11-13-28/h5-9,14H,10-13,15-16H2,1-4H3,(H,26,29). The largest absolute Gasteiger partial charge is 0.495 e. The van der Waals surface area contributed by atoms with Gasteiger partial charge < -0.3 is 29.3 Å². The Kier molecular flexibility index (Phi) is 6.47. The quantitative estimate of drug-likeness (QED) is 0.725. The van der Waals surface area contributed by atoms with Gasteiger partial charge in [0.2, 0.25) is 0 Å². The van der Waals surface area contributed by atoms with E-state index in [1.807, 2.05) is 37.9 Å². The lowest BCUT2D eigenvalue weighted by molar-refractivity contribution is -0.118. The maximum atomic E-state index is 12.9. The van der Waals surface area contributed by atoms with Crippen molar-refractivity contribution < 1.29 is 23.8 Å². The van der Waals surface area contributed by atoms with Crippen molar-refractivity contribution in [2.45, 2.75) is 25.9 Å². The van der Waals surface area contributed by atoms with Gasteiger partial charge in [0.1, 0.15) is 11.4 Å². The van der Waals surface area contributed by atoms with Gasteiger partial charge in [0.05, 0.1) is 12.8 Å². The third kappa shape index (κ3) is 5.22. The van der Waals surface area contributed by atoms with E-state index in [0.29, 0.717) is 41.6 Å². The first-order valence-electron chi connectivity index (χ1n) is 11.2. The van der Waals surface area contributed by atoms with Crippen molar-refractivity contribution in [1.82, 2.24) is 9.80 Å². The normalized spacial score (nSPS) is 17.2. The molecule has 2 amide bonds. The van der Waals surface area contributed by atoms with Crippen LogP contribution in [0, 0.1) is 0 Å². The lowest BCUT2D eigenvalue weighted by Gasteiger charge is -2.32. The molecule has 0 radical (unpaired) electrons. The number of benzene rings is 2. The lowest BCUT2D eigenvalue weighted by Crippen LogP contribution is -2.47. The van der Waals surface area contributed by atoms with Crippen molar-refractivity contribution in [2.24, 2.45) is 0 Å². The highest BCUT2D eigenvalue weighted by Crippen LogP contribution is 2.41. The van der Waals surface area contributed by atoms with E-state index in [1.165, 1.54) is 7.11 Å². The van der Waals surface area contributed by atoms with E-state index in [2.05, 4.69) is 10.2 Å².